The number of anilines is 1. The van der Waals surface area contributed by atoms with E-state index in [4.69, 9.17) is 0 Å². The molecule has 0 saturated carbocycles. The summed E-state index contributed by atoms with van der Waals surface area (Å²) in [5.41, 5.74) is 3.93. The van der Waals surface area contributed by atoms with Crippen LogP contribution < -0.4 is 16.7 Å². The van der Waals surface area contributed by atoms with Crippen molar-refractivity contribution >= 4 is 22.8 Å². The largest absolute Gasteiger partial charge is 0.332 e. The normalized spacial score (nSPS) is 17.3. The Morgan fingerprint density at radius 3 is 2.73 bits per heavy atom. The quantitative estimate of drug-likeness (QED) is 0.918. The number of nitrogens with zero attached hydrogens (tertiary/aromatic N) is 5. The van der Waals surface area contributed by atoms with Gasteiger partial charge < -0.3 is 0 Å². The number of nitrogens with one attached hydrogen (secondary N) is 1. The first-order valence-electron chi connectivity index (χ1n) is 7.49. The minimum atomic E-state index is -0.327. The van der Waals surface area contributed by atoms with E-state index in [9.17, 15) is 9.59 Å². The summed E-state index contributed by atoms with van der Waals surface area (Å²) in [4.78, 5) is 29.6. The number of aryl methyl sites for hydroxylation is 1. The summed E-state index contributed by atoms with van der Waals surface area (Å²) in [6.45, 7) is 6.31. The first-order valence-corrected chi connectivity index (χ1v) is 7.49. The average Bonchev–Trinajstić information content (AvgIpc) is 2.89. The molecule has 0 bridgehead atoms. The van der Waals surface area contributed by atoms with Crippen molar-refractivity contribution in [2.75, 3.05) is 5.43 Å². The molecule has 118 valence electrons. The molecule has 3 heterocycles. The lowest BCUT2D eigenvalue weighted by molar-refractivity contribution is 0.563. The Hall–Kier alpha value is -2.38. The van der Waals surface area contributed by atoms with Gasteiger partial charge in [-0.15, -0.1) is 0 Å². The van der Waals surface area contributed by atoms with Crippen molar-refractivity contribution in [3.63, 3.8) is 0 Å². The van der Waals surface area contributed by atoms with E-state index >= 15 is 0 Å². The van der Waals surface area contributed by atoms with Crippen LogP contribution in [0.1, 0.15) is 39.7 Å². The van der Waals surface area contributed by atoms with Crippen molar-refractivity contribution in [2.24, 2.45) is 12.1 Å². The first-order chi connectivity index (χ1) is 10.5. The monoisotopic (exact) mass is 304 g/mol. The summed E-state index contributed by atoms with van der Waals surface area (Å²) >= 11 is 0. The van der Waals surface area contributed by atoms with Crippen molar-refractivity contribution in [3.05, 3.63) is 20.8 Å². The van der Waals surface area contributed by atoms with E-state index in [0.717, 1.165) is 18.6 Å². The summed E-state index contributed by atoms with van der Waals surface area (Å²) < 4.78 is 4.55. The van der Waals surface area contributed by atoms with Crippen molar-refractivity contribution < 1.29 is 0 Å². The van der Waals surface area contributed by atoms with Crippen LogP contribution in [0.25, 0.3) is 11.2 Å². The van der Waals surface area contributed by atoms with Crippen LogP contribution >= 0.6 is 0 Å². The summed E-state index contributed by atoms with van der Waals surface area (Å²) in [6, 6.07) is -0.0777. The van der Waals surface area contributed by atoms with Crippen LogP contribution in [0.2, 0.25) is 0 Å². The second-order valence-corrected chi connectivity index (χ2v) is 5.67. The molecule has 3 rings (SSSR count). The molecule has 0 saturated heterocycles. The third kappa shape index (κ3) is 1.90. The minimum absolute atomic E-state index is 0.0777. The maximum atomic E-state index is 12.8. The highest BCUT2D eigenvalue weighted by atomic mass is 16.2. The number of fused-ring (bicyclic) bond motifs is 3. The van der Waals surface area contributed by atoms with E-state index < -0.39 is 0 Å². The van der Waals surface area contributed by atoms with Gasteiger partial charge in [0.1, 0.15) is 0 Å². The Morgan fingerprint density at radius 1 is 1.32 bits per heavy atom. The molecule has 0 aliphatic carbocycles. The Balaban J connectivity index is 2.36. The lowest BCUT2D eigenvalue weighted by atomic mass is 10.2. The molecule has 1 aliphatic heterocycles. The molecule has 0 amide bonds. The molecule has 0 aromatic carbocycles. The molecule has 1 unspecified atom stereocenters. The Bertz CT molecular complexity index is 885. The number of aromatic nitrogens is 4. The van der Waals surface area contributed by atoms with Crippen LogP contribution in [-0.2, 0) is 13.6 Å². The van der Waals surface area contributed by atoms with Gasteiger partial charge in [0.2, 0.25) is 5.95 Å². The number of rotatable bonds is 3. The summed E-state index contributed by atoms with van der Waals surface area (Å²) in [6.07, 6.45) is 1.71. The van der Waals surface area contributed by atoms with Gasteiger partial charge in [-0.25, -0.2) is 10.2 Å². The molecule has 0 radical (unpaired) electrons. The minimum Gasteiger partial charge on any atom is -0.294 e. The van der Waals surface area contributed by atoms with Gasteiger partial charge in [-0.2, -0.15) is 10.1 Å². The highest BCUT2D eigenvalue weighted by Gasteiger charge is 2.26. The van der Waals surface area contributed by atoms with E-state index in [-0.39, 0.29) is 17.3 Å². The van der Waals surface area contributed by atoms with Gasteiger partial charge in [-0.3, -0.25) is 18.5 Å². The fourth-order valence-electron chi connectivity index (χ4n) is 2.73. The van der Waals surface area contributed by atoms with Crippen LogP contribution in [-0.4, -0.2) is 24.4 Å². The predicted molar refractivity (Wildman–Crippen MR) is 85.6 cm³/mol. The van der Waals surface area contributed by atoms with E-state index in [2.05, 4.69) is 15.5 Å². The van der Waals surface area contributed by atoms with Gasteiger partial charge in [0.05, 0.1) is 11.8 Å². The fraction of sp³-hybridized carbons (Fsp3) is 0.571. The molecule has 1 N–H and O–H groups in total. The number of hydrogen-bond acceptors (Lipinski definition) is 5. The predicted octanol–water partition coefficient (Wildman–Crippen LogP) is 1.06. The molecule has 1 aliphatic rings. The summed E-state index contributed by atoms with van der Waals surface area (Å²) in [5.74, 6) is 0.494. The highest BCUT2D eigenvalue weighted by molar-refractivity contribution is 5.90. The SMILES string of the molecule is CCCCn1c(=O)c2c(nc3n2C(C)C(C)=NN3)n(C)c1=O. The van der Waals surface area contributed by atoms with Gasteiger partial charge in [-0.1, -0.05) is 13.3 Å². The summed E-state index contributed by atoms with van der Waals surface area (Å²) in [5, 5.41) is 4.19. The maximum absolute atomic E-state index is 12.8. The van der Waals surface area contributed by atoms with Crippen LogP contribution in [0, 0.1) is 0 Å². The first kappa shape index (κ1) is 14.6. The average molecular weight is 304 g/mol. The Kier molecular flexibility index (Phi) is 3.38. The van der Waals surface area contributed by atoms with Crippen LogP contribution in [0.5, 0.6) is 0 Å². The molecular formula is C14H20N6O2. The topological polar surface area (TPSA) is 86.2 Å². The molecule has 8 nitrogen and oxygen atoms in total. The molecular weight excluding hydrogens is 284 g/mol. The lowest BCUT2D eigenvalue weighted by Crippen LogP contribution is -2.40. The smallest absolute Gasteiger partial charge is 0.294 e. The zero-order valence-electron chi connectivity index (χ0n) is 13.3. The molecule has 8 heteroatoms. The van der Waals surface area contributed by atoms with Crippen LogP contribution in [0.15, 0.2) is 14.7 Å². The van der Waals surface area contributed by atoms with Crippen molar-refractivity contribution in [1.82, 2.24) is 18.7 Å². The van der Waals surface area contributed by atoms with Gasteiger partial charge >= 0.3 is 5.69 Å². The molecule has 2 aromatic heterocycles. The van der Waals surface area contributed by atoms with Gasteiger partial charge in [0.25, 0.3) is 5.56 Å². The number of hydrogen-bond donors (Lipinski definition) is 1. The van der Waals surface area contributed by atoms with Gasteiger partial charge in [0.15, 0.2) is 11.2 Å². The third-order valence-corrected chi connectivity index (χ3v) is 4.24. The fourth-order valence-corrected chi connectivity index (χ4v) is 2.73. The van der Waals surface area contributed by atoms with E-state index in [0.29, 0.717) is 23.7 Å². The van der Waals surface area contributed by atoms with Crippen molar-refractivity contribution in [1.29, 1.82) is 0 Å². The van der Waals surface area contributed by atoms with E-state index in [1.807, 2.05) is 25.3 Å². The molecule has 0 spiro atoms. The summed E-state index contributed by atoms with van der Waals surface area (Å²) in [7, 11) is 1.64. The van der Waals surface area contributed by atoms with E-state index in [1.165, 1.54) is 9.13 Å². The standard InChI is InChI=1S/C14H20N6O2/c1-5-6-7-19-12(21)10-11(18(4)14(19)22)15-13-17-16-8(2)9(3)20(10)13/h9H,5-7H2,1-4H3,(H,15,17). The van der Waals surface area contributed by atoms with Gasteiger partial charge in [-0.05, 0) is 20.3 Å². The zero-order valence-corrected chi connectivity index (χ0v) is 13.3. The number of imidazole rings is 1. The second-order valence-electron chi connectivity index (χ2n) is 5.67. The second kappa shape index (κ2) is 5.11. The third-order valence-electron chi connectivity index (χ3n) is 4.24. The van der Waals surface area contributed by atoms with Crippen molar-refractivity contribution in [3.8, 4) is 0 Å². The maximum Gasteiger partial charge on any atom is 0.332 e. The molecule has 2 aromatic rings. The van der Waals surface area contributed by atoms with Gasteiger partial charge in [0, 0.05) is 13.6 Å². The van der Waals surface area contributed by atoms with Crippen LogP contribution in [0.4, 0.5) is 5.95 Å². The highest BCUT2D eigenvalue weighted by Crippen LogP contribution is 2.25. The lowest BCUT2D eigenvalue weighted by Gasteiger charge is -2.21. The number of unbranched alkanes of at least 4 members (excludes halogenated alkanes) is 1. The Morgan fingerprint density at radius 2 is 2.05 bits per heavy atom. The zero-order chi connectivity index (χ0) is 16.0. The number of hydrazone groups is 1. The molecule has 0 fully saturated rings. The van der Waals surface area contributed by atoms with Crippen molar-refractivity contribution in [2.45, 2.75) is 46.2 Å². The van der Waals surface area contributed by atoms with E-state index in [1.54, 1.807) is 7.05 Å². The molecule has 22 heavy (non-hydrogen) atoms. The van der Waals surface area contributed by atoms with Crippen LogP contribution in [0.3, 0.4) is 0 Å². The molecule has 1 atom stereocenters. The Labute approximate surface area is 127 Å².